The molecule has 1 heterocycles. The number of benzene rings is 2. The predicted molar refractivity (Wildman–Crippen MR) is 124 cm³/mol. The standard InChI is InChI=1S/C20H25NO10S3/c1-13-20(2,7-4-10-32(22,23)24)19-16-11-14(33(25,26)27)12-18(34(28,29)30)15(16)5-6-17(19)21(13)8-9-31-3/h5-6,11-12H,4,7-10H2,1-3H3,(H2-,22,23,24,25,26,27,28,29,30)/p+1. The Bertz CT molecular complexity index is 1510. The smallest absolute Gasteiger partial charge is 0.295 e. The van der Waals surface area contributed by atoms with Crippen molar-refractivity contribution in [3.05, 3.63) is 29.8 Å². The van der Waals surface area contributed by atoms with Crippen LogP contribution in [0.3, 0.4) is 0 Å². The summed E-state index contributed by atoms with van der Waals surface area (Å²) in [6.07, 6.45) is 0.273. The number of hydrogen-bond donors (Lipinski definition) is 3. The molecule has 1 aliphatic heterocycles. The van der Waals surface area contributed by atoms with E-state index in [1.807, 2.05) is 11.5 Å². The molecule has 188 valence electrons. The summed E-state index contributed by atoms with van der Waals surface area (Å²) in [5, 5.41) is 0.199. The lowest BCUT2D eigenvalue weighted by molar-refractivity contribution is -0.442. The Morgan fingerprint density at radius 2 is 1.62 bits per heavy atom. The quantitative estimate of drug-likeness (QED) is 0.317. The minimum atomic E-state index is -4.87. The summed E-state index contributed by atoms with van der Waals surface area (Å²) in [7, 11) is -12.4. The number of nitrogens with zero attached hydrogens (tertiary/aromatic N) is 1. The zero-order valence-electron chi connectivity index (χ0n) is 18.7. The number of methoxy groups -OCH3 is 1. The van der Waals surface area contributed by atoms with Crippen LogP contribution in [0.4, 0.5) is 5.69 Å². The third-order valence-electron chi connectivity index (χ3n) is 6.27. The molecule has 0 radical (unpaired) electrons. The van der Waals surface area contributed by atoms with Gasteiger partial charge in [-0.25, -0.2) is 0 Å². The first-order valence-electron chi connectivity index (χ1n) is 10.1. The van der Waals surface area contributed by atoms with Gasteiger partial charge >= 0.3 is 0 Å². The topological polar surface area (TPSA) is 175 Å². The van der Waals surface area contributed by atoms with E-state index in [2.05, 4.69) is 0 Å². The molecule has 0 amide bonds. The first-order valence-corrected chi connectivity index (χ1v) is 14.6. The molecule has 0 bridgehead atoms. The Morgan fingerprint density at radius 3 is 2.15 bits per heavy atom. The molecule has 0 aliphatic carbocycles. The van der Waals surface area contributed by atoms with Crippen LogP contribution in [-0.2, 0) is 40.5 Å². The number of fused-ring (bicyclic) bond motifs is 3. The van der Waals surface area contributed by atoms with E-state index in [9.17, 15) is 38.9 Å². The molecule has 2 aromatic rings. The van der Waals surface area contributed by atoms with E-state index in [1.165, 1.54) is 13.2 Å². The summed E-state index contributed by atoms with van der Waals surface area (Å²) in [6, 6.07) is 4.88. The highest BCUT2D eigenvalue weighted by molar-refractivity contribution is 7.87. The van der Waals surface area contributed by atoms with Gasteiger partial charge in [-0.3, -0.25) is 13.7 Å². The number of rotatable bonds is 9. The molecule has 0 spiro atoms. The van der Waals surface area contributed by atoms with Gasteiger partial charge in [0.25, 0.3) is 30.4 Å². The Balaban J connectivity index is 2.40. The van der Waals surface area contributed by atoms with Crippen LogP contribution in [0.2, 0.25) is 0 Å². The summed E-state index contributed by atoms with van der Waals surface area (Å²) in [6.45, 7) is 4.34. The SMILES string of the molecule is COCC[N+]1=C(C)C(C)(CCCS(=O)(=O)O)c2c1ccc1c(S(=O)(=O)O)cc(S(=O)(=O)O)cc21. The van der Waals surface area contributed by atoms with Gasteiger partial charge < -0.3 is 4.74 Å². The average Bonchev–Trinajstić information content (AvgIpc) is 2.90. The van der Waals surface area contributed by atoms with Crippen LogP contribution in [0, 0.1) is 0 Å². The fraction of sp³-hybridized carbons (Fsp3) is 0.450. The number of hydrogen-bond acceptors (Lipinski definition) is 7. The van der Waals surface area contributed by atoms with Crippen molar-refractivity contribution < 1.29 is 48.2 Å². The third kappa shape index (κ3) is 5.03. The summed E-state index contributed by atoms with van der Waals surface area (Å²) < 4.78 is 106. The maximum atomic E-state index is 12.1. The molecule has 14 heteroatoms. The number of ether oxygens (including phenoxy) is 1. The highest BCUT2D eigenvalue weighted by Crippen LogP contribution is 2.47. The minimum Gasteiger partial charge on any atom is -0.378 e. The van der Waals surface area contributed by atoms with Crippen LogP contribution >= 0.6 is 0 Å². The first kappa shape index (κ1) is 26.7. The van der Waals surface area contributed by atoms with Crippen LogP contribution in [-0.4, -0.2) is 75.2 Å². The van der Waals surface area contributed by atoms with Crippen molar-refractivity contribution in [3.63, 3.8) is 0 Å². The van der Waals surface area contributed by atoms with E-state index in [0.717, 1.165) is 11.8 Å². The Kier molecular flexibility index (Phi) is 7.00. The molecule has 0 saturated carbocycles. The Hall–Kier alpha value is -1.94. The van der Waals surface area contributed by atoms with Crippen LogP contribution in [0.25, 0.3) is 10.8 Å². The van der Waals surface area contributed by atoms with Gasteiger partial charge in [0.15, 0.2) is 12.3 Å². The summed E-state index contributed by atoms with van der Waals surface area (Å²) in [5.41, 5.74) is 0.990. The minimum absolute atomic E-state index is 0.0380. The zero-order chi connectivity index (χ0) is 25.7. The van der Waals surface area contributed by atoms with Crippen LogP contribution < -0.4 is 0 Å². The summed E-state index contributed by atoms with van der Waals surface area (Å²) in [5.74, 6) is -0.499. The van der Waals surface area contributed by atoms with Gasteiger partial charge in [0.05, 0.1) is 16.1 Å². The van der Waals surface area contributed by atoms with Crippen molar-refractivity contribution in [1.29, 1.82) is 0 Å². The third-order valence-corrected chi connectivity index (χ3v) is 8.80. The van der Waals surface area contributed by atoms with Crippen molar-refractivity contribution in [3.8, 4) is 0 Å². The van der Waals surface area contributed by atoms with E-state index in [1.54, 1.807) is 13.0 Å². The van der Waals surface area contributed by atoms with Gasteiger partial charge in [0.2, 0.25) is 5.69 Å². The van der Waals surface area contributed by atoms with Crippen molar-refractivity contribution in [2.75, 3.05) is 26.0 Å². The molecular formula is C20H26NO10S3+. The molecule has 3 N–H and O–H groups in total. The van der Waals surface area contributed by atoms with Gasteiger partial charge in [0, 0.05) is 31.0 Å². The lowest BCUT2D eigenvalue weighted by Gasteiger charge is -2.24. The van der Waals surface area contributed by atoms with Crippen molar-refractivity contribution in [1.82, 2.24) is 0 Å². The largest absolute Gasteiger partial charge is 0.378 e. The van der Waals surface area contributed by atoms with Crippen LogP contribution in [0.1, 0.15) is 32.3 Å². The van der Waals surface area contributed by atoms with Crippen molar-refractivity contribution in [2.24, 2.45) is 0 Å². The average molecular weight is 537 g/mol. The van der Waals surface area contributed by atoms with Crippen molar-refractivity contribution in [2.45, 2.75) is 41.9 Å². The lowest BCUT2D eigenvalue weighted by Crippen LogP contribution is -2.31. The van der Waals surface area contributed by atoms with Gasteiger partial charge in [-0.2, -0.15) is 29.8 Å². The van der Waals surface area contributed by atoms with Gasteiger partial charge in [-0.1, -0.05) is 0 Å². The van der Waals surface area contributed by atoms with Crippen LogP contribution in [0.5, 0.6) is 0 Å². The maximum absolute atomic E-state index is 12.1. The first-order chi connectivity index (χ1) is 15.5. The second-order valence-corrected chi connectivity index (χ2v) is 12.8. The fourth-order valence-corrected chi connectivity index (χ4v) is 6.42. The van der Waals surface area contributed by atoms with Crippen LogP contribution in [0.15, 0.2) is 34.1 Å². The Labute approximate surface area is 198 Å². The molecular weight excluding hydrogens is 510 g/mol. The van der Waals surface area contributed by atoms with E-state index < -0.39 is 51.3 Å². The normalized spacial score (nSPS) is 19.1. The molecule has 0 aromatic heterocycles. The van der Waals surface area contributed by atoms with Crippen molar-refractivity contribution >= 4 is 52.5 Å². The second-order valence-electron chi connectivity index (χ2n) is 8.38. The highest BCUT2D eigenvalue weighted by Gasteiger charge is 2.47. The molecule has 0 fully saturated rings. The highest BCUT2D eigenvalue weighted by atomic mass is 32.2. The second kappa shape index (κ2) is 8.93. The predicted octanol–water partition coefficient (Wildman–Crippen LogP) is 2.02. The van der Waals surface area contributed by atoms with Gasteiger partial charge in [0.1, 0.15) is 11.5 Å². The monoisotopic (exact) mass is 536 g/mol. The van der Waals surface area contributed by atoms with E-state index in [0.29, 0.717) is 30.5 Å². The molecule has 0 saturated heterocycles. The van der Waals surface area contributed by atoms with Gasteiger partial charge in [-0.15, -0.1) is 0 Å². The molecule has 1 aliphatic rings. The maximum Gasteiger partial charge on any atom is 0.295 e. The fourth-order valence-electron chi connectivity index (χ4n) is 4.58. The lowest BCUT2D eigenvalue weighted by atomic mass is 9.74. The molecule has 11 nitrogen and oxygen atoms in total. The Morgan fingerprint density at radius 1 is 0.971 bits per heavy atom. The van der Waals surface area contributed by atoms with E-state index in [-0.39, 0.29) is 23.6 Å². The molecule has 2 aromatic carbocycles. The molecule has 1 unspecified atom stereocenters. The van der Waals surface area contributed by atoms with Gasteiger partial charge in [-0.05, 0) is 43.4 Å². The summed E-state index contributed by atoms with van der Waals surface area (Å²) in [4.78, 5) is -1.40. The molecule has 3 rings (SSSR count). The van der Waals surface area contributed by atoms with E-state index in [4.69, 9.17) is 4.74 Å². The van der Waals surface area contributed by atoms with E-state index >= 15 is 0 Å². The molecule has 1 atom stereocenters. The zero-order valence-corrected chi connectivity index (χ0v) is 21.2. The summed E-state index contributed by atoms with van der Waals surface area (Å²) >= 11 is 0. The molecule has 34 heavy (non-hydrogen) atoms.